The van der Waals surface area contributed by atoms with E-state index in [4.69, 9.17) is 11.1 Å². The first-order valence-corrected chi connectivity index (χ1v) is 8.71. The number of fused-ring (bicyclic) bond motifs is 1. The number of carbonyl (C=O) groups excluding carboxylic acids is 1. The number of hydrogen-bond donors (Lipinski definition) is 5. The Morgan fingerprint density at radius 3 is 2.79 bits per heavy atom. The summed E-state index contributed by atoms with van der Waals surface area (Å²) < 4.78 is 25.6. The first kappa shape index (κ1) is 21.2. The molecular formula is C19H23F2N5O2. The number of amides is 1. The van der Waals surface area contributed by atoms with Crippen molar-refractivity contribution < 1.29 is 18.7 Å². The average Bonchev–Trinajstić information content (AvgIpc) is 2.66. The maximum Gasteiger partial charge on any atom is 0.255 e. The number of allylic oxidation sites excluding steroid dienone is 1. The van der Waals surface area contributed by atoms with Crippen LogP contribution in [0, 0.1) is 5.41 Å². The summed E-state index contributed by atoms with van der Waals surface area (Å²) in [7, 11) is 0. The van der Waals surface area contributed by atoms with E-state index in [0.717, 1.165) is 6.21 Å². The summed E-state index contributed by atoms with van der Waals surface area (Å²) in [6.07, 6.45) is 0.841. The van der Waals surface area contributed by atoms with Crippen molar-refractivity contribution in [2.75, 3.05) is 18.4 Å². The summed E-state index contributed by atoms with van der Waals surface area (Å²) in [6, 6.07) is 5.02. The van der Waals surface area contributed by atoms with Crippen molar-refractivity contribution in [1.82, 2.24) is 10.3 Å². The minimum atomic E-state index is -2.61. The van der Waals surface area contributed by atoms with Crippen molar-refractivity contribution in [1.29, 1.82) is 5.41 Å². The third-order valence-corrected chi connectivity index (χ3v) is 4.06. The van der Waals surface area contributed by atoms with E-state index in [0.29, 0.717) is 28.5 Å². The van der Waals surface area contributed by atoms with Crippen LogP contribution in [0.5, 0.6) is 0 Å². The van der Waals surface area contributed by atoms with Gasteiger partial charge in [0.15, 0.2) is 0 Å². The fraction of sp³-hybridized carbons (Fsp3) is 0.316. The lowest BCUT2D eigenvalue weighted by Gasteiger charge is -2.15. The molecule has 1 aromatic carbocycles. The molecule has 2 rings (SSSR count). The number of nitrogens with one attached hydrogen (secondary N) is 3. The molecule has 0 saturated carbocycles. The Labute approximate surface area is 161 Å². The second kappa shape index (κ2) is 9.75. The maximum absolute atomic E-state index is 12.8. The Hall–Kier alpha value is -3.07. The molecule has 6 N–H and O–H groups in total. The van der Waals surface area contributed by atoms with Crippen molar-refractivity contribution in [3.63, 3.8) is 0 Å². The number of aromatic nitrogens is 1. The quantitative estimate of drug-likeness (QED) is 0.420. The number of anilines is 1. The van der Waals surface area contributed by atoms with Crippen molar-refractivity contribution in [3.8, 4) is 0 Å². The molecule has 0 aliphatic carbocycles. The van der Waals surface area contributed by atoms with Gasteiger partial charge in [0, 0.05) is 36.1 Å². The molecule has 9 heteroatoms. The number of rotatable bonds is 9. The van der Waals surface area contributed by atoms with Crippen LogP contribution < -0.4 is 16.4 Å². The Bertz CT molecular complexity index is 884. The molecule has 1 unspecified atom stereocenters. The third-order valence-electron chi connectivity index (χ3n) is 4.06. The zero-order chi connectivity index (χ0) is 20.7. The normalized spacial score (nSPS) is 12.8. The number of nitrogens with two attached hydrogens (primary N) is 1. The van der Waals surface area contributed by atoms with Crippen LogP contribution in [-0.4, -0.2) is 47.8 Å². The zero-order valence-electron chi connectivity index (χ0n) is 15.4. The van der Waals surface area contributed by atoms with Crippen molar-refractivity contribution in [3.05, 3.63) is 41.7 Å². The molecule has 1 atom stereocenters. The van der Waals surface area contributed by atoms with E-state index >= 15 is 0 Å². The van der Waals surface area contributed by atoms with E-state index < -0.39 is 25.0 Å². The Kier molecular flexibility index (Phi) is 7.39. The van der Waals surface area contributed by atoms with Crippen LogP contribution in [-0.2, 0) is 0 Å². The van der Waals surface area contributed by atoms with Gasteiger partial charge in [0.2, 0.25) is 0 Å². The van der Waals surface area contributed by atoms with Gasteiger partial charge in [-0.15, -0.1) is 0 Å². The summed E-state index contributed by atoms with van der Waals surface area (Å²) in [6.45, 7) is 1.20. The minimum Gasteiger partial charge on any atom is -0.404 e. The van der Waals surface area contributed by atoms with E-state index in [9.17, 15) is 18.7 Å². The van der Waals surface area contributed by atoms with E-state index in [1.807, 2.05) is 0 Å². The first-order valence-electron chi connectivity index (χ1n) is 8.71. The molecule has 0 aliphatic heterocycles. The lowest BCUT2D eigenvalue weighted by molar-refractivity contribution is 0.0945. The minimum absolute atomic E-state index is 0.115. The van der Waals surface area contributed by atoms with Crippen molar-refractivity contribution in [2.45, 2.75) is 25.9 Å². The maximum atomic E-state index is 12.8. The molecule has 0 bridgehead atoms. The van der Waals surface area contributed by atoms with Gasteiger partial charge in [0.25, 0.3) is 12.3 Å². The molecule has 0 spiro atoms. The molecule has 1 amide bonds. The Morgan fingerprint density at radius 2 is 2.18 bits per heavy atom. The van der Waals surface area contributed by atoms with Gasteiger partial charge in [-0.25, -0.2) is 8.78 Å². The predicted octanol–water partition coefficient (Wildman–Crippen LogP) is 2.36. The molecule has 1 heterocycles. The van der Waals surface area contributed by atoms with Gasteiger partial charge in [-0.05, 0) is 31.0 Å². The average molecular weight is 391 g/mol. The number of alkyl halides is 2. The van der Waals surface area contributed by atoms with Crippen LogP contribution in [0.2, 0.25) is 0 Å². The van der Waals surface area contributed by atoms with E-state index in [1.54, 1.807) is 25.1 Å². The first-order chi connectivity index (χ1) is 13.4. The second-order valence-electron chi connectivity index (χ2n) is 6.21. The van der Waals surface area contributed by atoms with Crippen LogP contribution in [0.1, 0.15) is 29.3 Å². The highest BCUT2D eigenvalue weighted by Gasteiger charge is 2.17. The second-order valence-corrected chi connectivity index (χ2v) is 6.21. The predicted molar refractivity (Wildman–Crippen MR) is 106 cm³/mol. The van der Waals surface area contributed by atoms with Crippen LogP contribution in [0.4, 0.5) is 14.5 Å². The molecule has 0 aliphatic rings. The molecule has 2 aromatic rings. The van der Waals surface area contributed by atoms with E-state index in [1.165, 1.54) is 12.4 Å². The van der Waals surface area contributed by atoms with Gasteiger partial charge >= 0.3 is 0 Å². The highest BCUT2D eigenvalue weighted by atomic mass is 19.3. The summed E-state index contributed by atoms with van der Waals surface area (Å²) in [5.41, 5.74) is 7.40. The fourth-order valence-corrected chi connectivity index (χ4v) is 2.63. The highest BCUT2D eigenvalue weighted by Crippen LogP contribution is 2.29. The lowest BCUT2D eigenvalue weighted by Crippen LogP contribution is -2.28. The van der Waals surface area contributed by atoms with E-state index in [-0.39, 0.29) is 17.8 Å². The Morgan fingerprint density at radius 1 is 1.43 bits per heavy atom. The molecule has 1 aromatic heterocycles. The lowest BCUT2D eigenvalue weighted by atomic mass is 10.0. The molecule has 150 valence electrons. The van der Waals surface area contributed by atoms with Crippen LogP contribution >= 0.6 is 0 Å². The molecule has 28 heavy (non-hydrogen) atoms. The van der Waals surface area contributed by atoms with Crippen LogP contribution in [0.3, 0.4) is 0 Å². The third kappa shape index (κ3) is 5.23. The molecular weight excluding hydrogens is 368 g/mol. The van der Waals surface area contributed by atoms with E-state index in [2.05, 4.69) is 15.6 Å². The van der Waals surface area contributed by atoms with Crippen molar-refractivity contribution >= 4 is 34.3 Å². The topological polar surface area (TPSA) is 124 Å². The van der Waals surface area contributed by atoms with Gasteiger partial charge in [-0.3, -0.25) is 9.78 Å². The van der Waals surface area contributed by atoms with Gasteiger partial charge in [-0.1, -0.05) is 6.07 Å². The molecule has 0 radical (unpaired) electrons. The number of nitrogens with zero attached hydrogens (tertiary/aromatic N) is 1. The Balaban J connectivity index is 2.51. The summed E-state index contributed by atoms with van der Waals surface area (Å²) in [5.74, 6) is -0.487. The largest absolute Gasteiger partial charge is 0.404 e. The molecule has 0 fully saturated rings. The van der Waals surface area contributed by atoms with Gasteiger partial charge < -0.3 is 26.9 Å². The van der Waals surface area contributed by atoms with Gasteiger partial charge in [0.05, 0.1) is 29.4 Å². The summed E-state index contributed by atoms with van der Waals surface area (Å²) >= 11 is 0. The summed E-state index contributed by atoms with van der Waals surface area (Å²) in [5, 5.41) is 22.5. The number of aliphatic hydroxyl groups is 1. The monoisotopic (exact) mass is 391 g/mol. The SMILES string of the molecule is CC(O)CCNC(=O)c1cnc2ccc(/C(C=N)=C/N)cc2c1NCC(F)F. The zero-order valence-corrected chi connectivity index (χ0v) is 15.4. The fourth-order valence-electron chi connectivity index (χ4n) is 2.63. The number of benzene rings is 1. The number of carbonyl (C=O) groups is 1. The number of pyridine rings is 1. The van der Waals surface area contributed by atoms with Gasteiger partial charge in [0.1, 0.15) is 0 Å². The number of aliphatic hydroxyl groups excluding tert-OH is 1. The highest BCUT2D eigenvalue weighted by molar-refractivity contribution is 6.11. The standard InChI is InChI=1S/C19H23F2N5O2/c1-11(27)4-5-24-19(28)15-9-25-16-3-2-12(13(7-22)8-23)6-14(16)18(15)26-10-17(20)21/h2-3,6-9,11,17,22,27H,4-5,10,23H2,1H3,(H,24,28)(H,25,26)/b13-8+,22-7?. The molecule has 7 nitrogen and oxygen atoms in total. The van der Waals surface area contributed by atoms with Crippen molar-refractivity contribution in [2.24, 2.45) is 5.73 Å². The number of hydrogen-bond acceptors (Lipinski definition) is 6. The van der Waals surface area contributed by atoms with Gasteiger partial charge in [-0.2, -0.15) is 0 Å². The smallest absolute Gasteiger partial charge is 0.255 e. The molecule has 0 saturated heterocycles. The van der Waals surface area contributed by atoms with Crippen LogP contribution in [0.25, 0.3) is 16.5 Å². The van der Waals surface area contributed by atoms with Crippen LogP contribution in [0.15, 0.2) is 30.6 Å². The summed E-state index contributed by atoms with van der Waals surface area (Å²) in [4.78, 5) is 16.8. The number of halogens is 2.